The molecule has 21 heavy (non-hydrogen) atoms. The molecule has 0 bridgehead atoms. The van der Waals surface area contributed by atoms with Crippen molar-refractivity contribution in [2.75, 3.05) is 13.6 Å². The van der Waals surface area contributed by atoms with Crippen molar-refractivity contribution in [2.24, 2.45) is 4.99 Å². The minimum absolute atomic E-state index is 0. The fourth-order valence-electron chi connectivity index (χ4n) is 1.65. The molecule has 0 aliphatic rings. The molecule has 2 aromatic heterocycles. The predicted molar refractivity (Wildman–Crippen MR) is 104 cm³/mol. The highest BCUT2D eigenvalue weighted by Gasteiger charge is 2.02. The summed E-state index contributed by atoms with van der Waals surface area (Å²) in [6, 6.07) is 3.99. The van der Waals surface area contributed by atoms with Gasteiger partial charge in [0.2, 0.25) is 0 Å². The molecule has 116 valence electrons. The van der Waals surface area contributed by atoms with Crippen LogP contribution in [0.15, 0.2) is 23.3 Å². The average molecular weight is 457 g/mol. The molecule has 2 heterocycles. The Morgan fingerprint density at radius 3 is 2.71 bits per heavy atom. The van der Waals surface area contributed by atoms with Crippen LogP contribution >= 0.6 is 58.3 Å². The van der Waals surface area contributed by atoms with Crippen LogP contribution in [0.4, 0.5) is 0 Å². The molecule has 8 heteroatoms. The number of hydrogen-bond donors (Lipinski definition) is 2. The summed E-state index contributed by atoms with van der Waals surface area (Å²) in [7, 11) is 1.77. The summed E-state index contributed by atoms with van der Waals surface area (Å²) in [5.41, 5.74) is 0. The molecule has 0 amide bonds. The van der Waals surface area contributed by atoms with Gasteiger partial charge in [-0.3, -0.25) is 4.99 Å². The molecule has 0 atom stereocenters. The minimum Gasteiger partial charge on any atom is -0.356 e. The van der Waals surface area contributed by atoms with Crippen molar-refractivity contribution < 1.29 is 0 Å². The minimum atomic E-state index is 0. The van der Waals surface area contributed by atoms with Crippen LogP contribution in [0.2, 0.25) is 4.34 Å². The molecule has 0 unspecified atom stereocenters. The van der Waals surface area contributed by atoms with Gasteiger partial charge in [-0.1, -0.05) is 11.6 Å². The van der Waals surface area contributed by atoms with Crippen molar-refractivity contribution in [2.45, 2.75) is 19.9 Å². The molecule has 0 aromatic carbocycles. The van der Waals surface area contributed by atoms with Gasteiger partial charge in [0.05, 0.1) is 10.9 Å². The van der Waals surface area contributed by atoms with Crippen LogP contribution in [-0.2, 0) is 13.0 Å². The molecule has 4 nitrogen and oxygen atoms in total. The molecule has 2 N–H and O–H groups in total. The smallest absolute Gasteiger partial charge is 0.191 e. The Hall–Kier alpha value is -0.380. The van der Waals surface area contributed by atoms with Crippen molar-refractivity contribution in [1.82, 2.24) is 15.6 Å². The maximum atomic E-state index is 5.90. The van der Waals surface area contributed by atoms with E-state index in [1.54, 1.807) is 29.7 Å². The molecule has 0 fully saturated rings. The normalized spacial score (nSPS) is 11.1. The summed E-state index contributed by atoms with van der Waals surface area (Å²) >= 11 is 9.22. The number of thiazole rings is 1. The first-order valence-corrected chi connectivity index (χ1v) is 8.28. The summed E-state index contributed by atoms with van der Waals surface area (Å²) in [5.74, 6) is 0.792. The first-order valence-electron chi connectivity index (χ1n) is 6.27. The Morgan fingerprint density at radius 2 is 2.14 bits per heavy atom. The Kier molecular flexibility index (Phi) is 8.53. The van der Waals surface area contributed by atoms with E-state index in [-0.39, 0.29) is 24.0 Å². The van der Waals surface area contributed by atoms with Gasteiger partial charge < -0.3 is 10.6 Å². The summed E-state index contributed by atoms with van der Waals surface area (Å²) in [5, 5.41) is 7.60. The molecule has 0 spiro atoms. The second-order valence-electron chi connectivity index (χ2n) is 4.17. The van der Waals surface area contributed by atoms with Crippen molar-refractivity contribution >= 4 is 64.2 Å². The van der Waals surface area contributed by atoms with Crippen molar-refractivity contribution in [1.29, 1.82) is 0 Å². The Bertz CT molecular complexity index is 582. The molecule has 0 saturated carbocycles. The third-order valence-electron chi connectivity index (χ3n) is 2.59. The lowest BCUT2D eigenvalue weighted by atomic mass is 10.3. The summed E-state index contributed by atoms with van der Waals surface area (Å²) in [6.07, 6.45) is 2.83. The number of thiophene rings is 1. The van der Waals surface area contributed by atoms with E-state index in [1.807, 2.05) is 12.3 Å². The Morgan fingerprint density at radius 1 is 1.33 bits per heavy atom. The monoisotopic (exact) mass is 456 g/mol. The zero-order chi connectivity index (χ0) is 14.4. The second kappa shape index (κ2) is 9.60. The molecule has 0 radical (unpaired) electrons. The number of hydrogen-bond acceptors (Lipinski definition) is 4. The van der Waals surface area contributed by atoms with E-state index in [0.29, 0.717) is 6.54 Å². The molecular formula is C13H18ClIN4S2. The van der Waals surface area contributed by atoms with Crippen LogP contribution in [0, 0.1) is 6.92 Å². The largest absolute Gasteiger partial charge is 0.356 e. The standard InChI is InChI=1S/C13H17ClN4S2.HI/c1-9-7-17-12(19-9)8-18-13(15-2)16-6-5-10-3-4-11(14)20-10;/h3-4,7H,5-6,8H2,1-2H3,(H2,15,16,18);1H. The lowest BCUT2D eigenvalue weighted by molar-refractivity contribution is 0.796. The van der Waals surface area contributed by atoms with E-state index in [2.05, 4.69) is 33.6 Å². The number of rotatable bonds is 5. The SMILES string of the molecule is CN=C(NCCc1ccc(Cl)s1)NCc1ncc(C)s1.I. The van der Waals surface area contributed by atoms with Crippen LogP contribution in [0.3, 0.4) is 0 Å². The van der Waals surface area contributed by atoms with Gasteiger partial charge in [0.1, 0.15) is 5.01 Å². The number of nitrogens with one attached hydrogen (secondary N) is 2. The van der Waals surface area contributed by atoms with Gasteiger partial charge in [-0.15, -0.1) is 46.7 Å². The fraction of sp³-hybridized carbons (Fsp3) is 0.385. The first kappa shape index (κ1) is 18.7. The highest BCUT2D eigenvalue weighted by Crippen LogP contribution is 2.21. The molecule has 0 aliphatic carbocycles. The first-order chi connectivity index (χ1) is 9.67. The van der Waals surface area contributed by atoms with Crippen molar-refractivity contribution in [3.63, 3.8) is 0 Å². The number of halogens is 2. The van der Waals surface area contributed by atoms with E-state index in [4.69, 9.17) is 11.6 Å². The topological polar surface area (TPSA) is 49.3 Å². The van der Waals surface area contributed by atoms with Crippen molar-refractivity contribution in [3.05, 3.63) is 37.4 Å². The van der Waals surface area contributed by atoms with Crippen LogP contribution in [-0.4, -0.2) is 24.5 Å². The van der Waals surface area contributed by atoms with Crippen LogP contribution in [0.25, 0.3) is 0 Å². The lowest BCUT2D eigenvalue weighted by Gasteiger charge is -2.10. The van der Waals surface area contributed by atoms with E-state index in [9.17, 15) is 0 Å². The van der Waals surface area contributed by atoms with E-state index in [0.717, 1.165) is 28.3 Å². The third kappa shape index (κ3) is 6.50. The highest BCUT2D eigenvalue weighted by molar-refractivity contribution is 14.0. The Labute approximate surface area is 155 Å². The quantitative estimate of drug-likeness (QED) is 0.410. The number of aryl methyl sites for hydroxylation is 1. The van der Waals surface area contributed by atoms with Gasteiger partial charge in [-0.2, -0.15) is 0 Å². The van der Waals surface area contributed by atoms with E-state index < -0.39 is 0 Å². The molecule has 0 aliphatic heterocycles. The van der Waals surface area contributed by atoms with Crippen LogP contribution in [0.5, 0.6) is 0 Å². The maximum Gasteiger partial charge on any atom is 0.191 e. The average Bonchev–Trinajstić information content (AvgIpc) is 3.02. The van der Waals surface area contributed by atoms with Crippen LogP contribution < -0.4 is 10.6 Å². The van der Waals surface area contributed by atoms with Gasteiger partial charge in [0.25, 0.3) is 0 Å². The summed E-state index contributed by atoms with van der Waals surface area (Å²) < 4.78 is 0.835. The summed E-state index contributed by atoms with van der Waals surface area (Å²) in [4.78, 5) is 11.0. The molecule has 2 aromatic rings. The van der Waals surface area contributed by atoms with Crippen LogP contribution in [0.1, 0.15) is 14.8 Å². The van der Waals surface area contributed by atoms with Crippen molar-refractivity contribution in [3.8, 4) is 0 Å². The number of nitrogens with zero attached hydrogens (tertiary/aromatic N) is 2. The van der Waals surface area contributed by atoms with Gasteiger partial charge >= 0.3 is 0 Å². The maximum absolute atomic E-state index is 5.90. The number of aromatic nitrogens is 1. The van der Waals surface area contributed by atoms with Gasteiger partial charge in [0.15, 0.2) is 5.96 Å². The van der Waals surface area contributed by atoms with Gasteiger partial charge in [-0.25, -0.2) is 4.98 Å². The van der Waals surface area contributed by atoms with Gasteiger partial charge in [-0.05, 0) is 25.5 Å². The zero-order valence-corrected chi connectivity index (χ0v) is 16.6. The van der Waals surface area contributed by atoms with E-state index >= 15 is 0 Å². The van der Waals surface area contributed by atoms with E-state index in [1.165, 1.54) is 9.75 Å². The Balaban J connectivity index is 0.00000220. The number of aliphatic imine (C=N–C) groups is 1. The van der Waals surface area contributed by atoms with Gasteiger partial charge in [0, 0.05) is 29.5 Å². The second-order valence-corrected chi connectivity index (χ2v) is 7.29. The highest BCUT2D eigenvalue weighted by atomic mass is 127. The zero-order valence-electron chi connectivity index (χ0n) is 11.9. The third-order valence-corrected chi connectivity index (χ3v) is 4.80. The molecule has 2 rings (SSSR count). The lowest BCUT2D eigenvalue weighted by Crippen LogP contribution is -2.37. The molecule has 0 saturated heterocycles. The molecular weight excluding hydrogens is 439 g/mol. The summed E-state index contributed by atoms with van der Waals surface area (Å²) in [6.45, 7) is 3.58. The predicted octanol–water partition coefficient (Wildman–Crippen LogP) is 3.69. The fourth-order valence-corrected chi connectivity index (χ4v) is 3.47. The number of guanidine groups is 1.